The number of nitrogens with zero attached hydrogens (tertiary/aromatic N) is 1. The molecule has 2 rings (SSSR count). The molecule has 0 bridgehead atoms. The second-order valence-electron chi connectivity index (χ2n) is 5.16. The van der Waals surface area contributed by atoms with Crippen LogP contribution < -0.4 is 5.32 Å². The van der Waals surface area contributed by atoms with Crippen LogP contribution in [-0.2, 0) is 6.54 Å². The number of benzene rings is 1. The lowest BCUT2D eigenvalue weighted by molar-refractivity contribution is 0.517. The summed E-state index contributed by atoms with van der Waals surface area (Å²) < 4.78 is 3.39. The Balaban J connectivity index is 2.04. The second kappa shape index (κ2) is 7.65. The van der Waals surface area contributed by atoms with Crippen molar-refractivity contribution in [1.82, 2.24) is 9.88 Å². The van der Waals surface area contributed by atoms with Crippen molar-refractivity contribution in [2.24, 2.45) is 0 Å². The third-order valence-corrected chi connectivity index (χ3v) is 3.97. The monoisotopic (exact) mass is 334 g/mol. The SMILES string of the molecule is CCCNC(CC)c1ccn(Cc2cccc(Br)c2)c1. The molecule has 20 heavy (non-hydrogen) atoms. The van der Waals surface area contributed by atoms with Crippen LogP contribution in [0.1, 0.15) is 43.9 Å². The highest BCUT2D eigenvalue weighted by Gasteiger charge is 2.09. The zero-order valence-electron chi connectivity index (χ0n) is 12.3. The van der Waals surface area contributed by atoms with Gasteiger partial charge in [-0.1, -0.05) is 41.9 Å². The Morgan fingerprint density at radius 1 is 1.25 bits per heavy atom. The van der Waals surface area contributed by atoms with E-state index >= 15 is 0 Å². The molecule has 0 aliphatic rings. The van der Waals surface area contributed by atoms with E-state index in [-0.39, 0.29) is 0 Å². The molecule has 1 aromatic heterocycles. The third-order valence-electron chi connectivity index (χ3n) is 3.48. The second-order valence-corrected chi connectivity index (χ2v) is 6.08. The first-order chi connectivity index (χ1) is 9.72. The minimum atomic E-state index is 0.471. The number of aromatic nitrogens is 1. The van der Waals surface area contributed by atoms with E-state index in [0.29, 0.717) is 6.04 Å². The summed E-state index contributed by atoms with van der Waals surface area (Å²) in [5.41, 5.74) is 2.70. The molecule has 0 fully saturated rings. The quantitative estimate of drug-likeness (QED) is 0.773. The van der Waals surface area contributed by atoms with Crippen molar-refractivity contribution in [2.45, 2.75) is 39.3 Å². The van der Waals surface area contributed by atoms with Gasteiger partial charge in [-0.15, -0.1) is 0 Å². The summed E-state index contributed by atoms with van der Waals surface area (Å²) in [5, 5.41) is 3.60. The van der Waals surface area contributed by atoms with E-state index in [4.69, 9.17) is 0 Å². The minimum Gasteiger partial charge on any atom is -0.350 e. The lowest BCUT2D eigenvalue weighted by Gasteiger charge is -2.15. The van der Waals surface area contributed by atoms with Gasteiger partial charge in [0.2, 0.25) is 0 Å². The van der Waals surface area contributed by atoms with E-state index in [0.717, 1.165) is 24.0 Å². The van der Waals surface area contributed by atoms with E-state index in [9.17, 15) is 0 Å². The molecule has 0 spiro atoms. The Morgan fingerprint density at radius 2 is 2.10 bits per heavy atom. The highest BCUT2D eigenvalue weighted by atomic mass is 79.9. The van der Waals surface area contributed by atoms with Gasteiger partial charge in [-0.2, -0.15) is 0 Å². The molecule has 0 aliphatic carbocycles. The Bertz CT molecular complexity index is 533. The van der Waals surface area contributed by atoms with E-state index < -0.39 is 0 Å². The Kier molecular flexibility index (Phi) is 5.86. The van der Waals surface area contributed by atoms with Crippen LogP contribution in [-0.4, -0.2) is 11.1 Å². The molecule has 2 aromatic rings. The zero-order valence-corrected chi connectivity index (χ0v) is 13.9. The van der Waals surface area contributed by atoms with E-state index in [1.165, 1.54) is 17.5 Å². The van der Waals surface area contributed by atoms with Crippen LogP contribution in [0.5, 0.6) is 0 Å². The van der Waals surface area contributed by atoms with Gasteiger partial charge in [0, 0.05) is 29.5 Å². The summed E-state index contributed by atoms with van der Waals surface area (Å²) in [4.78, 5) is 0. The van der Waals surface area contributed by atoms with Gasteiger partial charge >= 0.3 is 0 Å². The molecule has 0 saturated heterocycles. The van der Waals surface area contributed by atoms with Crippen LogP contribution in [0.4, 0.5) is 0 Å². The Labute approximate surface area is 130 Å². The number of rotatable bonds is 7. The molecular weight excluding hydrogens is 312 g/mol. The van der Waals surface area contributed by atoms with Crippen LogP contribution in [0.2, 0.25) is 0 Å². The van der Waals surface area contributed by atoms with Crippen LogP contribution in [0.15, 0.2) is 47.2 Å². The van der Waals surface area contributed by atoms with E-state index in [1.807, 2.05) is 0 Å². The van der Waals surface area contributed by atoms with Crippen LogP contribution in [0.3, 0.4) is 0 Å². The third kappa shape index (κ3) is 4.22. The van der Waals surface area contributed by atoms with Crippen molar-refractivity contribution >= 4 is 15.9 Å². The molecule has 2 nitrogen and oxygen atoms in total. The zero-order chi connectivity index (χ0) is 14.4. The van der Waals surface area contributed by atoms with Crippen molar-refractivity contribution in [3.05, 3.63) is 58.3 Å². The molecule has 108 valence electrons. The number of halogens is 1. The molecule has 0 aliphatic heterocycles. The normalized spacial score (nSPS) is 12.6. The van der Waals surface area contributed by atoms with Gasteiger partial charge in [0.25, 0.3) is 0 Å². The lowest BCUT2D eigenvalue weighted by Crippen LogP contribution is -2.21. The minimum absolute atomic E-state index is 0.471. The number of nitrogens with one attached hydrogen (secondary N) is 1. The Hall–Kier alpha value is -1.06. The average molecular weight is 335 g/mol. The fraction of sp³-hybridized carbons (Fsp3) is 0.412. The molecule has 1 atom stereocenters. The lowest BCUT2D eigenvalue weighted by atomic mass is 10.1. The van der Waals surface area contributed by atoms with Crippen molar-refractivity contribution in [3.63, 3.8) is 0 Å². The van der Waals surface area contributed by atoms with Crippen LogP contribution in [0, 0.1) is 0 Å². The predicted molar refractivity (Wildman–Crippen MR) is 89.0 cm³/mol. The molecule has 0 radical (unpaired) electrons. The van der Waals surface area contributed by atoms with Crippen LogP contribution in [0.25, 0.3) is 0 Å². The maximum Gasteiger partial charge on any atom is 0.0470 e. The van der Waals surface area contributed by atoms with Gasteiger partial charge < -0.3 is 9.88 Å². The largest absolute Gasteiger partial charge is 0.350 e. The molecule has 0 saturated carbocycles. The maximum absolute atomic E-state index is 3.60. The van der Waals surface area contributed by atoms with Crippen molar-refractivity contribution in [1.29, 1.82) is 0 Å². The molecule has 3 heteroatoms. The molecule has 1 N–H and O–H groups in total. The summed E-state index contributed by atoms with van der Waals surface area (Å²) in [5.74, 6) is 0. The fourth-order valence-electron chi connectivity index (χ4n) is 2.43. The Morgan fingerprint density at radius 3 is 2.80 bits per heavy atom. The number of hydrogen-bond acceptors (Lipinski definition) is 1. The van der Waals surface area contributed by atoms with Gasteiger partial charge in [-0.3, -0.25) is 0 Å². The van der Waals surface area contributed by atoms with Crippen LogP contribution >= 0.6 is 15.9 Å². The first-order valence-electron chi connectivity index (χ1n) is 7.36. The van der Waals surface area contributed by atoms with Crippen molar-refractivity contribution in [3.8, 4) is 0 Å². The fourth-order valence-corrected chi connectivity index (χ4v) is 2.87. The summed E-state index contributed by atoms with van der Waals surface area (Å²) in [7, 11) is 0. The van der Waals surface area contributed by atoms with Crippen molar-refractivity contribution < 1.29 is 0 Å². The van der Waals surface area contributed by atoms with E-state index in [1.54, 1.807) is 0 Å². The average Bonchev–Trinajstić information content (AvgIpc) is 2.88. The van der Waals surface area contributed by atoms with Gasteiger partial charge in [0.15, 0.2) is 0 Å². The summed E-state index contributed by atoms with van der Waals surface area (Å²) >= 11 is 3.52. The van der Waals surface area contributed by atoms with Gasteiger partial charge in [-0.05, 0) is 48.7 Å². The molecule has 1 unspecified atom stereocenters. The first kappa shape index (κ1) is 15.3. The highest BCUT2D eigenvalue weighted by Crippen LogP contribution is 2.18. The summed E-state index contributed by atoms with van der Waals surface area (Å²) in [6, 6.07) is 11.2. The molecule has 1 heterocycles. The molecule has 0 amide bonds. The topological polar surface area (TPSA) is 17.0 Å². The van der Waals surface area contributed by atoms with Gasteiger partial charge in [0.1, 0.15) is 0 Å². The standard InChI is InChI=1S/C17H23BrN2/c1-3-9-19-17(4-2)15-8-10-20(13-15)12-14-6-5-7-16(18)11-14/h5-8,10-11,13,17,19H,3-4,9,12H2,1-2H3. The summed E-state index contributed by atoms with van der Waals surface area (Å²) in [6.45, 7) is 6.44. The van der Waals surface area contributed by atoms with E-state index in [2.05, 4.69) is 82.4 Å². The highest BCUT2D eigenvalue weighted by molar-refractivity contribution is 9.10. The predicted octanol–water partition coefficient (Wildman–Crippen LogP) is 4.75. The maximum atomic E-state index is 3.60. The first-order valence-corrected chi connectivity index (χ1v) is 8.15. The summed E-state index contributed by atoms with van der Waals surface area (Å²) in [6.07, 6.45) is 6.74. The smallest absolute Gasteiger partial charge is 0.0470 e. The van der Waals surface area contributed by atoms with Gasteiger partial charge in [0.05, 0.1) is 0 Å². The molecule has 1 aromatic carbocycles. The van der Waals surface area contributed by atoms with Crippen molar-refractivity contribution in [2.75, 3.05) is 6.54 Å². The number of hydrogen-bond donors (Lipinski definition) is 1. The van der Waals surface area contributed by atoms with Gasteiger partial charge in [-0.25, -0.2) is 0 Å². The molecular formula is C17H23BrN2.